The fourth-order valence-corrected chi connectivity index (χ4v) is 4.49. The maximum absolute atomic E-state index is 12.5. The van der Waals surface area contributed by atoms with Gasteiger partial charge in [-0.05, 0) is 42.5 Å². The number of ketones is 1. The van der Waals surface area contributed by atoms with Crippen LogP contribution >= 0.6 is 0 Å². The molecule has 210 valence electrons. The number of nitriles is 1. The Morgan fingerprint density at radius 1 is 1.00 bits per heavy atom. The Labute approximate surface area is 238 Å². The quantitative estimate of drug-likeness (QED) is 0.273. The summed E-state index contributed by atoms with van der Waals surface area (Å²) in [6, 6.07) is 20.4. The average molecular weight is 555 g/mol. The molecule has 5 rings (SSSR count). The van der Waals surface area contributed by atoms with Crippen LogP contribution in [0.3, 0.4) is 0 Å². The van der Waals surface area contributed by atoms with Crippen LogP contribution in [0.1, 0.15) is 5.56 Å². The highest BCUT2D eigenvalue weighted by Crippen LogP contribution is 2.38. The number of hydrogen-bond donors (Lipinski definition) is 1. The van der Waals surface area contributed by atoms with Crippen molar-refractivity contribution < 1.29 is 28.5 Å². The van der Waals surface area contributed by atoms with Crippen molar-refractivity contribution in [2.75, 3.05) is 59.0 Å². The second-order valence-electron chi connectivity index (χ2n) is 9.30. The Hall–Kier alpha value is -4.85. The number of Topliss-reactive ketones (excluding diaryl/α,β-unsaturated/α-hetero) is 1. The number of carbonyl (C=O) groups is 1. The lowest BCUT2D eigenvalue weighted by Gasteiger charge is -2.25. The molecule has 41 heavy (non-hydrogen) atoms. The summed E-state index contributed by atoms with van der Waals surface area (Å²) < 4.78 is 28.1. The van der Waals surface area contributed by atoms with Crippen molar-refractivity contribution >= 4 is 28.1 Å². The van der Waals surface area contributed by atoms with Gasteiger partial charge in [0.2, 0.25) is 0 Å². The molecule has 10 nitrogen and oxygen atoms in total. The maximum atomic E-state index is 12.5. The third kappa shape index (κ3) is 6.66. The van der Waals surface area contributed by atoms with Gasteiger partial charge in [0.05, 0.1) is 50.7 Å². The molecule has 1 N–H and O–H groups in total. The molecule has 0 atom stereocenters. The Morgan fingerprint density at radius 3 is 2.44 bits per heavy atom. The van der Waals surface area contributed by atoms with E-state index in [0.717, 1.165) is 18.8 Å². The first-order valence-corrected chi connectivity index (χ1v) is 13.1. The van der Waals surface area contributed by atoms with E-state index in [1.807, 2.05) is 53.4 Å². The van der Waals surface area contributed by atoms with Crippen LogP contribution < -0.4 is 24.3 Å². The molecular weight excluding hydrogens is 524 g/mol. The molecule has 0 spiro atoms. The summed E-state index contributed by atoms with van der Waals surface area (Å²) in [6.07, 6.45) is 1.50. The van der Waals surface area contributed by atoms with Gasteiger partial charge in [0.1, 0.15) is 18.4 Å². The summed E-state index contributed by atoms with van der Waals surface area (Å²) in [5.41, 5.74) is 2.26. The number of ether oxygens (including phenoxy) is 5. The number of methoxy groups -OCH3 is 2. The highest BCUT2D eigenvalue weighted by molar-refractivity contribution is 5.97. The van der Waals surface area contributed by atoms with Crippen molar-refractivity contribution in [3.63, 3.8) is 0 Å². The predicted molar refractivity (Wildman–Crippen MR) is 154 cm³/mol. The van der Waals surface area contributed by atoms with Crippen LogP contribution in [0.15, 0.2) is 66.9 Å². The highest BCUT2D eigenvalue weighted by Gasteiger charge is 2.18. The zero-order valence-electron chi connectivity index (χ0n) is 22.9. The van der Waals surface area contributed by atoms with Crippen molar-refractivity contribution in [3.05, 3.63) is 72.4 Å². The average Bonchev–Trinajstić information content (AvgIpc) is 3.01. The normalized spacial score (nSPS) is 13.3. The SMILES string of the molecule is COc1cc2c(Nc3ccc(Oc4ccccc4OC)cc3)c(C#N)cnc2cc1OCC(=O)CN1CCOCC1. The molecule has 2 heterocycles. The van der Waals surface area contributed by atoms with Gasteiger partial charge in [-0.2, -0.15) is 5.26 Å². The van der Waals surface area contributed by atoms with Gasteiger partial charge in [-0.25, -0.2) is 0 Å². The van der Waals surface area contributed by atoms with E-state index in [2.05, 4.69) is 16.4 Å². The minimum Gasteiger partial charge on any atom is -0.493 e. The number of hydrogen-bond acceptors (Lipinski definition) is 10. The molecule has 1 fully saturated rings. The van der Waals surface area contributed by atoms with Crippen LogP contribution in [0, 0.1) is 11.3 Å². The molecule has 3 aromatic carbocycles. The first-order valence-electron chi connectivity index (χ1n) is 13.1. The molecule has 1 aromatic heterocycles. The third-order valence-electron chi connectivity index (χ3n) is 6.59. The fourth-order valence-electron chi connectivity index (χ4n) is 4.49. The summed E-state index contributed by atoms with van der Waals surface area (Å²) in [6.45, 7) is 2.91. The van der Waals surface area contributed by atoms with E-state index >= 15 is 0 Å². The number of nitrogens with zero attached hydrogens (tertiary/aromatic N) is 3. The van der Waals surface area contributed by atoms with E-state index in [9.17, 15) is 10.1 Å². The number of fused-ring (bicyclic) bond motifs is 1. The number of morpholine rings is 1. The van der Waals surface area contributed by atoms with E-state index in [4.69, 9.17) is 23.7 Å². The van der Waals surface area contributed by atoms with Crippen LogP contribution in [0.4, 0.5) is 11.4 Å². The van der Waals surface area contributed by atoms with Crippen molar-refractivity contribution in [1.82, 2.24) is 9.88 Å². The summed E-state index contributed by atoms with van der Waals surface area (Å²) >= 11 is 0. The molecule has 1 aliphatic rings. The summed E-state index contributed by atoms with van der Waals surface area (Å²) in [4.78, 5) is 19.0. The van der Waals surface area contributed by atoms with Crippen molar-refractivity contribution in [3.8, 4) is 34.8 Å². The van der Waals surface area contributed by atoms with Gasteiger partial charge >= 0.3 is 0 Å². The van der Waals surface area contributed by atoms with Crippen molar-refractivity contribution in [2.24, 2.45) is 0 Å². The molecule has 0 amide bonds. The number of benzene rings is 3. The van der Waals surface area contributed by atoms with Gasteiger partial charge < -0.3 is 29.0 Å². The van der Waals surface area contributed by atoms with Gasteiger partial charge in [-0.15, -0.1) is 0 Å². The predicted octanol–water partition coefficient (Wildman–Crippen LogP) is 4.94. The Morgan fingerprint density at radius 2 is 1.73 bits per heavy atom. The first kappa shape index (κ1) is 27.7. The summed E-state index contributed by atoms with van der Waals surface area (Å²) in [5.74, 6) is 2.66. The summed E-state index contributed by atoms with van der Waals surface area (Å²) in [7, 11) is 3.12. The second kappa shape index (κ2) is 13.0. The highest BCUT2D eigenvalue weighted by atomic mass is 16.5. The number of rotatable bonds is 11. The van der Waals surface area contributed by atoms with Crippen LogP contribution in [0.2, 0.25) is 0 Å². The number of anilines is 2. The molecule has 1 aliphatic heterocycles. The Balaban J connectivity index is 1.34. The summed E-state index contributed by atoms with van der Waals surface area (Å²) in [5, 5.41) is 13.8. The molecule has 4 aromatic rings. The molecule has 0 bridgehead atoms. The van der Waals surface area contributed by atoms with E-state index < -0.39 is 0 Å². The first-order chi connectivity index (χ1) is 20.1. The van der Waals surface area contributed by atoms with Crippen molar-refractivity contribution in [1.29, 1.82) is 5.26 Å². The molecule has 1 saturated heterocycles. The molecule has 0 radical (unpaired) electrons. The van der Waals surface area contributed by atoms with Gasteiger partial charge in [-0.1, -0.05) is 12.1 Å². The maximum Gasteiger partial charge on any atom is 0.184 e. The van der Waals surface area contributed by atoms with Gasteiger partial charge in [0.25, 0.3) is 0 Å². The van der Waals surface area contributed by atoms with Crippen LogP contribution in [0.25, 0.3) is 10.9 Å². The number of para-hydroxylation sites is 2. The molecular formula is C31H30N4O6. The van der Waals surface area contributed by atoms with Gasteiger partial charge in [0, 0.05) is 36.4 Å². The Bertz CT molecular complexity index is 1560. The number of carbonyl (C=O) groups excluding carboxylic acids is 1. The van der Waals surface area contributed by atoms with Crippen LogP contribution in [-0.4, -0.2) is 69.3 Å². The largest absolute Gasteiger partial charge is 0.493 e. The minimum absolute atomic E-state index is 0.0395. The molecule has 0 aliphatic carbocycles. The number of pyridine rings is 1. The minimum atomic E-state index is -0.0934. The van der Waals surface area contributed by atoms with Gasteiger partial charge in [-0.3, -0.25) is 14.7 Å². The number of nitrogens with one attached hydrogen (secondary N) is 1. The standard InChI is InChI=1S/C31H30N4O6/c1-37-27-5-3-4-6-28(27)41-24-9-7-22(8-10-24)34-31-21(17-32)18-33-26-16-30(29(38-2)15-25(26)31)40-20-23(36)19-35-11-13-39-14-12-35/h3-10,15-16,18H,11-14,19-20H2,1-2H3,(H,33,34). The topological polar surface area (TPSA) is 115 Å². The smallest absolute Gasteiger partial charge is 0.184 e. The molecule has 0 saturated carbocycles. The van der Waals surface area contributed by atoms with Gasteiger partial charge in [0.15, 0.2) is 28.8 Å². The zero-order chi connectivity index (χ0) is 28.6. The second-order valence-corrected chi connectivity index (χ2v) is 9.30. The lowest BCUT2D eigenvalue weighted by Crippen LogP contribution is -2.40. The van der Waals surface area contributed by atoms with E-state index in [1.165, 1.54) is 13.3 Å². The third-order valence-corrected chi connectivity index (χ3v) is 6.59. The zero-order valence-corrected chi connectivity index (χ0v) is 22.9. The lowest BCUT2D eigenvalue weighted by atomic mass is 10.1. The lowest BCUT2D eigenvalue weighted by molar-refractivity contribution is -0.123. The van der Waals surface area contributed by atoms with E-state index in [-0.39, 0.29) is 12.4 Å². The fraction of sp³-hybridized carbons (Fsp3) is 0.258. The van der Waals surface area contributed by atoms with Crippen LogP contribution in [-0.2, 0) is 9.53 Å². The monoisotopic (exact) mass is 554 g/mol. The Kier molecular flexibility index (Phi) is 8.79. The number of aromatic nitrogens is 1. The van der Waals surface area contributed by atoms with Crippen LogP contribution in [0.5, 0.6) is 28.7 Å². The molecule has 0 unspecified atom stereocenters. The molecule has 10 heteroatoms. The van der Waals surface area contributed by atoms with E-state index in [0.29, 0.717) is 70.7 Å². The van der Waals surface area contributed by atoms with E-state index in [1.54, 1.807) is 19.2 Å². The van der Waals surface area contributed by atoms with Crippen molar-refractivity contribution in [2.45, 2.75) is 0 Å².